The molecular weight excluding hydrogens is 310 g/mol. The number of carbonyl (C=O) groups is 1. The van der Waals surface area contributed by atoms with Crippen LogP contribution in [-0.2, 0) is 33.3 Å². The third-order valence-electron chi connectivity index (χ3n) is 3.98. The van der Waals surface area contributed by atoms with Crippen molar-refractivity contribution in [3.8, 4) is 0 Å². The Kier molecular flexibility index (Phi) is 3.26. The Hall–Kier alpha value is -1.61. The summed E-state index contributed by atoms with van der Waals surface area (Å²) >= 11 is 0. The molecule has 1 N–H and O–H groups in total. The minimum atomic E-state index is -3.62. The summed E-state index contributed by atoms with van der Waals surface area (Å²) < 4.78 is 31.5. The minimum Gasteiger partial charge on any atom is -0.465 e. The van der Waals surface area contributed by atoms with Gasteiger partial charge in [0.25, 0.3) is 10.0 Å². The zero-order valence-corrected chi connectivity index (χ0v) is 13.6. The maximum atomic E-state index is 12.7. The van der Waals surface area contributed by atoms with Crippen LogP contribution in [0.25, 0.3) is 0 Å². The topological polar surface area (TPSA) is 102 Å². The first-order valence-electron chi connectivity index (χ1n) is 7.03. The molecule has 0 radical (unpaired) electrons. The van der Waals surface area contributed by atoms with Crippen molar-refractivity contribution < 1.29 is 23.1 Å². The molecule has 1 aromatic rings. The molecule has 1 aromatic heterocycles. The van der Waals surface area contributed by atoms with Crippen LogP contribution in [0.15, 0.2) is 0 Å². The van der Waals surface area contributed by atoms with Gasteiger partial charge in [-0.2, -0.15) is 9.19 Å². The van der Waals surface area contributed by atoms with Crippen LogP contribution in [0.4, 0.5) is 4.79 Å². The predicted octanol–water partition coefficient (Wildman–Crippen LogP) is 0.751. The van der Waals surface area contributed by atoms with Crippen LogP contribution >= 0.6 is 0 Å². The average molecular weight is 329 g/mol. The second-order valence-electron chi connectivity index (χ2n) is 6.71. The highest BCUT2D eigenvalue weighted by Gasteiger charge is 2.42. The zero-order chi connectivity index (χ0) is 16.3. The fourth-order valence-electron chi connectivity index (χ4n) is 2.78. The van der Waals surface area contributed by atoms with Crippen LogP contribution in [0.3, 0.4) is 0 Å². The number of nitrogens with zero attached hydrogens (tertiary/aromatic N) is 3. The average Bonchev–Trinajstić information content (AvgIpc) is 2.79. The van der Waals surface area contributed by atoms with E-state index in [0.717, 1.165) is 4.09 Å². The van der Waals surface area contributed by atoms with Crippen LogP contribution in [0.1, 0.15) is 37.7 Å². The summed E-state index contributed by atoms with van der Waals surface area (Å²) in [6.45, 7) is 6.35. The molecule has 22 heavy (non-hydrogen) atoms. The van der Waals surface area contributed by atoms with Gasteiger partial charge in [0.1, 0.15) is 5.25 Å². The normalized spacial score (nSPS) is 19.1. The Labute approximate surface area is 128 Å². The van der Waals surface area contributed by atoms with E-state index in [1.165, 1.54) is 4.90 Å². The molecule has 122 valence electrons. The quantitative estimate of drug-likeness (QED) is 0.859. The van der Waals surface area contributed by atoms with Crippen LogP contribution in [0, 0.1) is 0 Å². The standard InChI is InChI=1S/C13H19N3O5S/c1-13(2,3)11-9-4-15(12(17)18)5-10(9)14-16(11)22(19,20)8-6-21-7-8/h8H,4-7H2,1-3H3,(H,17,18). The third-order valence-corrected chi connectivity index (χ3v) is 5.84. The number of fused-ring (bicyclic) bond motifs is 1. The zero-order valence-electron chi connectivity index (χ0n) is 12.7. The highest BCUT2D eigenvalue weighted by Crippen LogP contribution is 2.35. The molecule has 0 spiro atoms. The molecule has 0 atom stereocenters. The summed E-state index contributed by atoms with van der Waals surface area (Å²) in [5.41, 5.74) is 1.33. The third kappa shape index (κ3) is 2.19. The fraction of sp³-hybridized carbons (Fsp3) is 0.692. The second kappa shape index (κ2) is 4.69. The van der Waals surface area contributed by atoms with Gasteiger partial charge in [0.15, 0.2) is 0 Å². The van der Waals surface area contributed by atoms with E-state index in [9.17, 15) is 13.2 Å². The molecule has 0 saturated carbocycles. The second-order valence-corrected chi connectivity index (χ2v) is 8.75. The van der Waals surface area contributed by atoms with Crippen LogP contribution in [0.2, 0.25) is 0 Å². The largest absolute Gasteiger partial charge is 0.465 e. The Morgan fingerprint density at radius 3 is 2.41 bits per heavy atom. The number of rotatable bonds is 2. The van der Waals surface area contributed by atoms with Crippen molar-refractivity contribution in [2.75, 3.05) is 13.2 Å². The number of ether oxygens (including phenoxy) is 1. The Morgan fingerprint density at radius 2 is 1.95 bits per heavy atom. The monoisotopic (exact) mass is 329 g/mol. The maximum absolute atomic E-state index is 12.7. The van der Waals surface area contributed by atoms with E-state index in [1.807, 2.05) is 20.8 Å². The summed E-state index contributed by atoms with van der Waals surface area (Å²) in [4.78, 5) is 12.4. The van der Waals surface area contributed by atoms with Gasteiger partial charge >= 0.3 is 6.09 Å². The molecule has 2 aliphatic heterocycles. The number of carboxylic acid groups (broad SMARTS) is 1. The summed E-state index contributed by atoms with van der Waals surface area (Å²) in [5, 5.41) is 12.8. The maximum Gasteiger partial charge on any atom is 0.407 e. The Morgan fingerprint density at radius 1 is 1.32 bits per heavy atom. The number of hydrogen-bond acceptors (Lipinski definition) is 5. The van der Waals surface area contributed by atoms with Crippen molar-refractivity contribution in [2.24, 2.45) is 0 Å². The van der Waals surface area contributed by atoms with Crippen LogP contribution in [-0.4, -0.2) is 52.2 Å². The van der Waals surface area contributed by atoms with Gasteiger partial charge in [0, 0.05) is 11.0 Å². The first-order valence-corrected chi connectivity index (χ1v) is 8.54. The van der Waals surface area contributed by atoms with Crippen molar-refractivity contribution in [1.82, 2.24) is 14.1 Å². The van der Waals surface area contributed by atoms with Crippen molar-refractivity contribution in [2.45, 2.75) is 44.5 Å². The molecule has 0 unspecified atom stereocenters. The van der Waals surface area contributed by atoms with Crippen LogP contribution in [0.5, 0.6) is 0 Å². The van der Waals surface area contributed by atoms with Crippen molar-refractivity contribution in [1.29, 1.82) is 0 Å². The van der Waals surface area contributed by atoms with Gasteiger partial charge in [0.05, 0.1) is 37.7 Å². The molecule has 3 heterocycles. The van der Waals surface area contributed by atoms with Gasteiger partial charge in [-0.25, -0.2) is 13.2 Å². The van der Waals surface area contributed by atoms with E-state index in [0.29, 0.717) is 17.0 Å². The summed E-state index contributed by atoms with van der Waals surface area (Å²) in [6.07, 6.45) is -1.03. The molecule has 1 fully saturated rings. The smallest absolute Gasteiger partial charge is 0.407 e. The first-order chi connectivity index (χ1) is 10.1. The lowest BCUT2D eigenvalue weighted by Gasteiger charge is -2.29. The fourth-order valence-corrected chi connectivity index (χ4v) is 4.45. The molecule has 0 bridgehead atoms. The van der Waals surface area contributed by atoms with E-state index >= 15 is 0 Å². The molecule has 8 nitrogen and oxygen atoms in total. The van der Waals surface area contributed by atoms with E-state index in [1.54, 1.807) is 0 Å². The highest BCUT2D eigenvalue weighted by molar-refractivity contribution is 7.90. The van der Waals surface area contributed by atoms with E-state index in [-0.39, 0.29) is 26.3 Å². The lowest BCUT2D eigenvalue weighted by Crippen LogP contribution is -2.45. The number of hydrogen-bond donors (Lipinski definition) is 1. The van der Waals surface area contributed by atoms with Gasteiger partial charge in [-0.05, 0) is 0 Å². The molecule has 9 heteroatoms. The molecule has 1 amide bonds. The van der Waals surface area contributed by atoms with Crippen molar-refractivity contribution >= 4 is 16.1 Å². The van der Waals surface area contributed by atoms with E-state index in [4.69, 9.17) is 9.84 Å². The van der Waals surface area contributed by atoms with Crippen molar-refractivity contribution in [3.05, 3.63) is 17.0 Å². The number of amides is 1. The molecule has 1 saturated heterocycles. The van der Waals surface area contributed by atoms with Gasteiger partial charge < -0.3 is 9.84 Å². The van der Waals surface area contributed by atoms with E-state index in [2.05, 4.69) is 5.10 Å². The predicted molar refractivity (Wildman–Crippen MR) is 77.1 cm³/mol. The highest BCUT2D eigenvalue weighted by atomic mass is 32.2. The molecular formula is C13H19N3O5S. The van der Waals surface area contributed by atoms with Crippen LogP contribution < -0.4 is 0 Å². The first kappa shape index (κ1) is 15.3. The molecule has 0 aromatic carbocycles. The molecule has 0 aliphatic carbocycles. The number of aromatic nitrogens is 2. The summed E-state index contributed by atoms with van der Waals surface area (Å²) in [5.74, 6) is 0. The lowest BCUT2D eigenvalue weighted by atomic mass is 9.89. The van der Waals surface area contributed by atoms with Gasteiger partial charge in [0.2, 0.25) is 0 Å². The Bertz CT molecular complexity index is 728. The van der Waals surface area contributed by atoms with Gasteiger partial charge in [-0.1, -0.05) is 20.8 Å². The Balaban J connectivity index is 2.11. The minimum absolute atomic E-state index is 0.122. The SMILES string of the molecule is CC(C)(C)c1c2c(nn1S(=O)(=O)C1COC1)CN(C(=O)O)C2. The summed E-state index contributed by atoms with van der Waals surface area (Å²) in [6, 6.07) is 0. The lowest BCUT2D eigenvalue weighted by molar-refractivity contribution is 0.0409. The molecule has 2 aliphatic rings. The molecule has 3 rings (SSSR count). The van der Waals surface area contributed by atoms with Crippen molar-refractivity contribution in [3.63, 3.8) is 0 Å². The summed E-state index contributed by atoms with van der Waals surface area (Å²) in [7, 11) is -3.62. The van der Waals surface area contributed by atoms with Gasteiger partial charge in [-0.3, -0.25) is 4.90 Å². The van der Waals surface area contributed by atoms with Gasteiger partial charge in [-0.15, -0.1) is 0 Å². The van der Waals surface area contributed by atoms with E-state index < -0.39 is 26.8 Å².